The van der Waals surface area contributed by atoms with E-state index in [0.717, 1.165) is 0 Å². The van der Waals surface area contributed by atoms with E-state index in [-0.39, 0.29) is 12.5 Å². The third kappa shape index (κ3) is 6.86. The van der Waals surface area contributed by atoms with Gasteiger partial charge in [-0.1, -0.05) is 13.8 Å². The molecule has 0 aromatic heterocycles. The molecule has 0 aliphatic carbocycles. The van der Waals surface area contributed by atoms with Gasteiger partial charge in [-0.3, -0.25) is 4.79 Å². The first-order valence-electron chi connectivity index (χ1n) is 5.01. The van der Waals surface area contributed by atoms with Crippen molar-refractivity contribution in [1.82, 2.24) is 10.6 Å². The van der Waals surface area contributed by atoms with Crippen LogP contribution in [0.4, 0.5) is 0 Å². The monoisotopic (exact) mass is 202 g/mol. The molecule has 0 saturated carbocycles. The molecule has 1 unspecified atom stereocenters. The molecule has 1 atom stereocenters. The van der Waals surface area contributed by atoms with Crippen LogP contribution in [0.15, 0.2) is 0 Å². The fourth-order valence-electron chi connectivity index (χ4n) is 1.46. The Morgan fingerprint density at radius 2 is 2.07 bits per heavy atom. The van der Waals surface area contributed by atoms with Gasteiger partial charge >= 0.3 is 0 Å². The van der Waals surface area contributed by atoms with E-state index < -0.39 is 5.60 Å². The summed E-state index contributed by atoms with van der Waals surface area (Å²) in [5, 5.41) is 15.3. The molecule has 1 amide bonds. The number of hydrogen-bond acceptors (Lipinski definition) is 3. The summed E-state index contributed by atoms with van der Waals surface area (Å²) in [6, 6.07) is 0. The fourth-order valence-corrected chi connectivity index (χ4v) is 1.46. The van der Waals surface area contributed by atoms with E-state index in [9.17, 15) is 9.90 Å². The van der Waals surface area contributed by atoms with Crippen molar-refractivity contribution in [3.63, 3.8) is 0 Å². The summed E-state index contributed by atoms with van der Waals surface area (Å²) < 4.78 is 0. The van der Waals surface area contributed by atoms with E-state index in [1.54, 1.807) is 14.0 Å². The Hall–Kier alpha value is -0.610. The van der Waals surface area contributed by atoms with E-state index >= 15 is 0 Å². The zero-order valence-corrected chi connectivity index (χ0v) is 9.55. The Balaban J connectivity index is 3.80. The Bertz CT molecular complexity index is 179. The van der Waals surface area contributed by atoms with Crippen molar-refractivity contribution in [3.05, 3.63) is 0 Å². The molecule has 4 nitrogen and oxygen atoms in total. The third-order valence-corrected chi connectivity index (χ3v) is 1.85. The van der Waals surface area contributed by atoms with Crippen molar-refractivity contribution in [3.8, 4) is 0 Å². The van der Waals surface area contributed by atoms with Gasteiger partial charge in [0.15, 0.2) is 0 Å². The second kappa shape index (κ2) is 5.98. The van der Waals surface area contributed by atoms with Gasteiger partial charge in [-0.05, 0) is 26.3 Å². The maximum atomic E-state index is 11.1. The van der Waals surface area contributed by atoms with Crippen molar-refractivity contribution < 1.29 is 9.90 Å². The van der Waals surface area contributed by atoms with Crippen LogP contribution in [0, 0.1) is 5.92 Å². The zero-order valence-electron chi connectivity index (χ0n) is 9.55. The minimum atomic E-state index is -0.808. The lowest BCUT2D eigenvalue weighted by Gasteiger charge is -2.25. The average molecular weight is 202 g/mol. The molecular formula is C10H22N2O2. The van der Waals surface area contributed by atoms with Gasteiger partial charge in [0.05, 0.1) is 12.1 Å². The maximum Gasteiger partial charge on any atom is 0.234 e. The minimum Gasteiger partial charge on any atom is -0.388 e. The SMILES string of the molecule is CNCC(=O)NCC(C)(O)CC(C)C. The lowest BCUT2D eigenvalue weighted by atomic mass is 9.94. The van der Waals surface area contributed by atoms with Crippen molar-refractivity contribution in [2.45, 2.75) is 32.8 Å². The van der Waals surface area contributed by atoms with Crippen LogP contribution in [-0.4, -0.2) is 36.8 Å². The van der Waals surface area contributed by atoms with Crippen molar-refractivity contribution >= 4 is 5.91 Å². The van der Waals surface area contributed by atoms with E-state index in [1.807, 2.05) is 13.8 Å². The van der Waals surface area contributed by atoms with Crippen LogP contribution in [0.25, 0.3) is 0 Å². The second-order valence-electron chi connectivity index (χ2n) is 4.40. The highest BCUT2D eigenvalue weighted by atomic mass is 16.3. The molecule has 3 N–H and O–H groups in total. The predicted octanol–water partition coefficient (Wildman–Crippen LogP) is 0.119. The molecule has 0 aliphatic rings. The van der Waals surface area contributed by atoms with Crippen LogP contribution in [-0.2, 0) is 4.79 Å². The van der Waals surface area contributed by atoms with Gasteiger partial charge in [0.25, 0.3) is 0 Å². The summed E-state index contributed by atoms with van der Waals surface area (Å²) in [4.78, 5) is 11.1. The molecule has 0 spiro atoms. The first kappa shape index (κ1) is 13.4. The molecule has 84 valence electrons. The topological polar surface area (TPSA) is 61.4 Å². The normalized spacial score (nSPS) is 15.3. The maximum absolute atomic E-state index is 11.1. The van der Waals surface area contributed by atoms with Crippen LogP contribution < -0.4 is 10.6 Å². The lowest BCUT2D eigenvalue weighted by Crippen LogP contribution is -2.43. The number of likely N-dealkylation sites (N-methyl/N-ethyl adjacent to an activating group) is 1. The van der Waals surface area contributed by atoms with Gasteiger partial charge in [0, 0.05) is 6.54 Å². The molecule has 0 radical (unpaired) electrons. The molecule has 14 heavy (non-hydrogen) atoms. The zero-order chi connectivity index (χ0) is 11.2. The van der Waals surface area contributed by atoms with E-state index in [2.05, 4.69) is 10.6 Å². The summed E-state index contributed by atoms with van der Waals surface area (Å²) in [5.74, 6) is 0.336. The largest absolute Gasteiger partial charge is 0.388 e. The molecular weight excluding hydrogens is 180 g/mol. The van der Waals surface area contributed by atoms with E-state index in [1.165, 1.54) is 0 Å². The molecule has 0 bridgehead atoms. The highest BCUT2D eigenvalue weighted by Crippen LogP contribution is 2.14. The number of carbonyl (C=O) groups excluding carboxylic acids is 1. The number of amides is 1. The molecule has 4 heteroatoms. The molecule has 0 aliphatic heterocycles. The Kier molecular flexibility index (Phi) is 5.72. The number of rotatable bonds is 6. The van der Waals surface area contributed by atoms with Crippen molar-refractivity contribution in [2.75, 3.05) is 20.1 Å². The number of hydrogen-bond donors (Lipinski definition) is 3. The Labute approximate surface area is 86.1 Å². The molecule has 0 aromatic carbocycles. The third-order valence-electron chi connectivity index (χ3n) is 1.85. The van der Waals surface area contributed by atoms with Crippen LogP contribution in [0.1, 0.15) is 27.2 Å². The van der Waals surface area contributed by atoms with Crippen LogP contribution >= 0.6 is 0 Å². The van der Waals surface area contributed by atoms with Gasteiger partial charge in [0.2, 0.25) is 5.91 Å². The number of carbonyl (C=O) groups is 1. The molecule has 0 saturated heterocycles. The summed E-state index contributed by atoms with van der Waals surface area (Å²) in [6.07, 6.45) is 0.687. The van der Waals surface area contributed by atoms with Gasteiger partial charge < -0.3 is 15.7 Å². The summed E-state index contributed by atoms with van der Waals surface area (Å²) in [5.41, 5.74) is -0.808. The summed E-state index contributed by atoms with van der Waals surface area (Å²) >= 11 is 0. The van der Waals surface area contributed by atoms with Crippen LogP contribution in [0.3, 0.4) is 0 Å². The van der Waals surface area contributed by atoms with Gasteiger partial charge in [-0.25, -0.2) is 0 Å². The fraction of sp³-hybridized carbons (Fsp3) is 0.900. The van der Waals surface area contributed by atoms with Gasteiger partial charge in [-0.15, -0.1) is 0 Å². The number of aliphatic hydroxyl groups is 1. The van der Waals surface area contributed by atoms with Crippen LogP contribution in [0.2, 0.25) is 0 Å². The standard InChI is InChI=1S/C10H22N2O2/c1-8(2)5-10(3,14)7-12-9(13)6-11-4/h8,11,14H,5-7H2,1-4H3,(H,12,13). The minimum absolute atomic E-state index is 0.0865. The Morgan fingerprint density at radius 1 is 1.50 bits per heavy atom. The summed E-state index contributed by atoms with van der Waals surface area (Å²) in [6.45, 7) is 6.43. The van der Waals surface area contributed by atoms with Gasteiger partial charge in [-0.2, -0.15) is 0 Å². The Morgan fingerprint density at radius 3 is 2.50 bits per heavy atom. The van der Waals surface area contributed by atoms with Crippen molar-refractivity contribution in [1.29, 1.82) is 0 Å². The second-order valence-corrected chi connectivity index (χ2v) is 4.40. The molecule has 0 rings (SSSR count). The quantitative estimate of drug-likeness (QED) is 0.573. The highest BCUT2D eigenvalue weighted by Gasteiger charge is 2.22. The highest BCUT2D eigenvalue weighted by molar-refractivity contribution is 5.77. The first-order chi connectivity index (χ1) is 6.37. The smallest absolute Gasteiger partial charge is 0.234 e. The average Bonchev–Trinajstić information content (AvgIpc) is 1.99. The molecule has 0 heterocycles. The number of nitrogens with one attached hydrogen (secondary N) is 2. The van der Waals surface area contributed by atoms with Crippen molar-refractivity contribution in [2.24, 2.45) is 5.92 Å². The molecule has 0 fully saturated rings. The van der Waals surface area contributed by atoms with E-state index in [0.29, 0.717) is 18.9 Å². The van der Waals surface area contributed by atoms with Crippen LogP contribution in [0.5, 0.6) is 0 Å². The van der Waals surface area contributed by atoms with E-state index in [4.69, 9.17) is 0 Å². The molecule has 0 aromatic rings. The predicted molar refractivity (Wildman–Crippen MR) is 57.0 cm³/mol. The lowest BCUT2D eigenvalue weighted by molar-refractivity contribution is -0.121. The summed E-state index contributed by atoms with van der Waals surface area (Å²) in [7, 11) is 1.71. The van der Waals surface area contributed by atoms with Gasteiger partial charge in [0.1, 0.15) is 0 Å². The first-order valence-corrected chi connectivity index (χ1v) is 5.01.